The topological polar surface area (TPSA) is 0 Å². The number of hydrogen-bond acceptors (Lipinski definition) is 0. The Labute approximate surface area is 119 Å². The zero-order chi connectivity index (χ0) is 13.9. The molecule has 0 aromatic carbocycles. The van der Waals surface area contributed by atoms with Crippen LogP contribution in [0.25, 0.3) is 0 Å². The Hall–Kier alpha value is 0.430. The van der Waals surface area contributed by atoms with Crippen molar-refractivity contribution in [2.75, 3.05) is 0 Å². The fraction of sp³-hybridized carbons (Fsp3) is 1.00. The third-order valence-electron chi connectivity index (χ3n) is 4.35. The molecule has 0 nitrogen and oxygen atoms in total. The average Bonchev–Trinajstić information content (AvgIpc) is 2.38. The fourth-order valence-electron chi connectivity index (χ4n) is 3.06. The van der Waals surface area contributed by atoms with Gasteiger partial charge in [0.1, 0.15) is 0 Å². The molecule has 0 aliphatic heterocycles. The summed E-state index contributed by atoms with van der Waals surface area (Å²) in [5.41, 5.74) is 0. The molecule has 2 atom stereocenters. The molecule has 110 valence electrons. The standard InChI is InChI=1S/C17H37P/c1-5-9-13-16(12-8-4)17(18,14-10-6-2)15-11-7-3/h16H,5-15,18H2,1-4H3. The summed E-state index contributed by atoms with van der Waals surface area (Å²) in [6.07, 6.45) is 15.3. The zero-order valence-corrected chi connectivity index (χ0v) is 14.6. The highest BCUT2D eigenvalue weighted by Gasteiger charge is 2.31. The van der Waals surface area contributed by atoms with Gasteiger partial charge >= 0.3 is 0 Å². The number of unbranched alkanes of at least 4 members (excludes halogenated alkanes) is 3. The summed E-state index contributed by atoms with van der Waals surface area (Å²) >= 11 is 0. The van der Waals surface area contributed by atoms with Crippen molar-refractivity contribution in [2.45, 2.75) is 103 Å². The van der Waals surface area contributed by atoms with Gasteiger partial charge in [-0.3, -0.25) is 0 Å². The highest BCUT2D eigenvalue weighted by atomic mass is 31.0. The Bertz CT molecular complexity index is 168. The van der Waals surface area contributed by atoms with Crippen LogP contribution in [0.2, 0.25) is 0 Å². The van der Waals surface area contributed by atoms with E-state index in [0.717, 1.165) is 5.92 Å². The maximum atomic E-state index is 3.30. The van der Waals surface area contributed by atoms with Crippen molar-refractivity contribution in [1.82, 2.24) is 0 Å². The van der Waals surface area contributed by atoms with E-state index in [1.165, 1.54) is 70.6 Å². The molecule has 0 aromatic heterocycles. The van der Waals surface area contributed by atoms with Gasteiger partial charge in [-0.25, -0.2) is 0 Å². The van der Waals surface area contributed by atoms with Crippen LogP contribution in [0.5, 0.6) is 0 Å². The van der Waals surface area contributed by atoms with Crippen LogP contribution < -0.4 is 0 Å². The quantitative estimate of drug-likeness (QED) is 0.352. The molecule has 0 bridgehead atoms. The molecule has 0 fully saturated rings. The maximum Gasteiger partial charge on any atom is -0.0122 e. The smallest absolute Gasteiger partial charge is 0.0122 e. The van der Waals surface area contributed by atoms with Crippen LogP contribution in [0.3, 0.4) is 0 Å². The van der Waals surface area contributed by atoms with Crippen LogP contribution in [-0.2, 0) is 0 Å². The van der Waals surface area contributed by atoms with Crippen molar-refractivity contribution in [3.8, 4) is 0 Å². The summed E-state index contributed by atoms with van der Waals surface area (Å²) in [7, 11) is 3.30. The molecule has 0 aliphatic carbocycles. The highest BCUT2D eigenvalue weighted by Crippen LogP contribution is 2.43. The van der Waals surface area contributed by atoms with Gasteiger partial charge in [-0.15, -0.1) is 9.24 Å². The minimum atomic E-state index is 0.539. The van der Waals surface area contributed by atoms with Gasteiger partial charge in [0.15, 0.2) is 0 Å². The third-order valence-corrected chi connectivity index (χ3v) is 5.40. The Morgan fingerprint density at radius 3 is 1.61 bits per heavy atom. The summed E-state index contributed by atoms with van der Waals surface area (Å²) in [6.45, 7) is 9.33. The molecule has 0 rings (SSSR count). The van der Waals surface area contributed by atoms with Crippen LogP contribution in [-0.4, -0.2) is 5.16 Å². The van der Waals surface area contributed by atoms with Crippen LogP contribution in [0.4, 0.5) is 0 Å². The Morgan fingerprint density at radius 1 is 0.722 bits per heavy atom. The van der Waals surface area contributed by atoms with Crippen molar-refractivity contribution in [3.05, 3.63) is 0 Å². The molecule has 0 spiro atoms. The molecule has 1 heteroatoms. The summed E-state index contributed by atoms with van der Waals surface area (Å²) in [5.74, 6) is 0.936. The molecule has 0 heterocycles. The van der Waals surface area contributed by atoms with Crippen molar-refractivity contribution < 1.29 is 0 Å². The Balaban J connectivity index is 4.59. The molecule has 0 aromatic rings. The number of hydrogen-bond donors (Lipinski definition) is 0. The molecule has 18 heavy (non-hydrogen) atoms. The molecular weight excluding hydrogens is 235 g/mol. The van der Waals surface area contributed by atoms with Crippen molar-refractivity contribution in [2.24, 2.45) is 5.92 Å². The fourth-order valence-corrected chi connectivity index (χ4v) is 3.80. The SMILES string of the molecule is CCCCC(CCC)C(P)(CCCC)CCCC. The second kappa shape index (κ2) is 11.3. The first-order valence-electron chi connectivity index (χ1n) is 8.43. The van der Waals surface area contributed by atoms with E-state index in [4.69, 9.17) is 0 Å². The normalized spacial score (nSPS) is 13.8. The first kappa shape index (κ1) is 18.4. The molecule has 0 saturated heterocycles. The molecule has 0 aliphatic rings. The first-order chi connectivity index (χ1) is 8.64. The van der Waals surface area contributed by atoms with Gasteiger partial charge in [-0.2, -0.15) is 0 Å². The lowest BCUT2D eigenvalue weighted by atomic mass is 9.78. The molecular formula is C17H37P. The van der Waals surface area contributed by atoms with Gasteiger partial charge in [0.25, 0.3) is 0 Å². The van der Waals surface area contributed by atoms with Gasteiger partial charge in [-0.05, 0) is 36.8 Å². The van der Waals surface area contributed by atoms with E-state index < -0.39 is 0 Å². The monoisotopic (exact) mass is 272 g/mol. The van der Waals surface area contributed by atoms with Gasteiger partial charge in [-0.1, -0.05) is 72.6 Å². The summed E-state index contributed by atoms with van der Waals surface area (Å²) in [4.78, 5) is 0. The third kappa shape index (κ3) is 7.13. The van der Waals surface area contributed by atoms with E-state index >= 15 is 0 Å². The maximum absolute atomic E-state index is 3.30. The second-order valence-electron chi connectivity index (χ2n) is 6.07. The van der Waals surface area contributed by atoms with Crippen molar-refractivity contribution in [1.29, 1.82) is 0 Å². The lowest BCUT2D eigenvalue weighted by Crippen LogP contribution is -2.31. The minimum Gasteiger partial charge on any atom is -0.131 e. The van der Waals surface area contributed by atoms with E-state index in [2.05, 4.69) is 36.9 Å². The lowest BCUT2D eigenvalue weighted by Gasteiger charge is -2.38. The van der Waals surface area contributed by atoms with E-state index in [0.29, 0.717) is 5.16 Å². The van der Waals surface area contributed by atoms with Gasteiger partial charge in [0.2, 0.25) is 0 Å². The van der Waals surface area contributed by atoms with Crippen LogP contribution in [0.1, 0.15) is 98.3 Å². The first-order valence-corrected chi connectivity index (χ1v) is 9.01. The van der Waals surface area contributed by atoms with E-state index in [1.807, 2.05) is 0 Å². The van der Waals surface area contributed by atoms with E-state index in [1.54, 1.807) is 0 Å². The van der Waals surface area contributed by atoms with Gasteiger partial charge in [0.05, 0.1) is 0 Å². The van der Waals surface area contributed by atoms with Gasteiger partial charge in [0, 0.05) is 0 Å². The van der Waals surface area contributed by atoms with Crippen LogP contribution in [0, 0.1) is 5.92 Å². The predicted molar refractivity (Wildman–Crippen MR) is 89.4 cm³/mol. The molecule has 0 amide bonds. The van der Waals surface area contributed by atoms with Crippen molar-refractivity contribution >= 4 is 9.24 Å². The summed E-state index contributed by atoms with van der Waals surface area (Å²) < 4.78 is 0. The van der Waals surface area contributed by atoms with Gasteiger partial charge < -0.3 is 0 Å². The lowest BCUT2D eigenvalue weighted by molar-refractivity contribution is 0.280. The minimum absolute atomic E-state index is 0.539. The average molecular weight is 272 g/mol. The molecule has 2 unspecified atom stereocenters. The second-order valence-corrected chi connectivity index (χ2v) is 7.22. The highest BCUT2D eigenvalue weighted by molar-refractivity contribution is 7.19. The largest absolute Gasteiger partial charge is 0.131 e. The zero-order valence-electron chi connectivity index (χ0n) is 13.4. The summed E-state index contributed by atoms with van der Waals surface area (Å²) in [6, 6.07) is 0. The van der Waals surface area contributed by atoms with E-state index in [-0.39, 0.29) is 0 Å². The van der Waals surface area contributed by atoms with Crippen LogP contribution in [0.15, 0.2) is 0 Å². The summed E-state index contributed by atoms with van der Waals surface area (Å²) in [5, 5.41) is 0.539. The van der Waals surface area contributed by atoms with Crippen LogP contribution >= 0.6 is 9.24 Å². The Kier molecular flexibility index (Phi) is 11.5. The predicted octanol–water partition coefficient (Wildman–Crippen LogP) is 6.59. The number of rotatable bonds is 12. The molecule has 0 radical (unpaired) electrons. The molecule has 0 saturated carbocycles. The van der Waals surface area contributed by atoms with E-state index in [9.17, 15) is 0 Å². The Morgan fingerprint density at radius 2 is 1.22 bits per heavy atom. The molecule has 0 N–H and O–H groups in total. The van der Waals surface area contributed by atoms with Crippen molar-refractivity contribution in [3.63, 3.8) is 0 Å².